The van der Waals surface area contributed by atoms with Crippen LogP contribution in [0, 0.1) is 5.82 Å². The van der Waals surface area contributed by atoms with Gasteiger partial charge in [-0.2, -0.15) is 0 Å². The highest BCUT2D eigenvalue weighted by Gasteiger charge is 2.17. The van der Waals surface area contributed by atoms with Crippen molar-refractivity contribution in [1.82, 2.24) is 0 Å². The van der Waals surface area contributed by atoms with Crippen LogP contribution in [0.1, 0.15) is 36.8 Å². The van der Waals surface area contributed by atoms with Crippen LogP contribution in [0.4, 0.5) is 10.1 Å². The molecule has 1 heterocycles. The van der Waals surface area contributed by atoms with Gasteiger partial charge in [0.25, 0.3) is 0 Å². The third-order valence-corrected chi connectivity index (χ3v) is 4.99. The van der Waals surface area contributed by atoms with Crippen LogP contribution in [-0.4, -0.2) is 13.1 Å². The molecular weight excluding hydrogens is 283 g/mol. The third kappa shape index (κ3) is 3.83. The summed E-state index contributed by atoms with van der Waals surface area (Å²) in [4.78, 5) is 3.21. The smallest absolute Gasteiger partial charge is 0.146 e. The lowest BCUT2D eigenvalue weighted by atomic mass is 10.0. The normalized spacial score (nSPS) is 14.0. The van der Waals surface area contributed by atoms with E-state index < -0.39 is 0 Å². The SMILES string of the molecule is CCC(N)Cc1ccc(N(C)C(C)c2cccs2)c(F)c1. The highest BCUT2D eigenvalue weighted by molar-refractivity contribution is 7.10. The first-order valence-electron chi connectivity index (χ1n) is 7.33. The summed E-state index contributed by atoms with van der Waals surface area (Å²) in [5, 5.41) is 2.05. The minimum Gasteiger partial charge on any atom is -0.365 e. The molecule has 114 valence electrons. The Kier molecular flexibility index (Phi) is 5.37. The first-order valence-corrected chi connectivity index (χ1v) is 8.21. The number of nitrogens with zero attached hydrogens (tertiary/aromatic N) is 1. The van der Waals surface area contributed by atoms with Crippen LogP contribution in [0.2, 0.25) is 0 Å². The maximum absolute atomic E-state index is 14.4. The fourth-order valence-corrected chi connectivity index (χ4v) is 3.17. The summed E-state index contributed by atoms with van der Waals surface area (Å²) in [6.45, 7) is 4.14. The first-order chi connectivity index (χ1) is 10.0. The molecule has 0 fully saturated rings. The molecule has 2 N–H and O–H groups in total. The van der Waals surface area contributed by atoms with E-state index in [0.29, 0.717) is 5.69 Å². The number of anilines is 1. The molecule has 0 amide bonds. The van der Waals surface area contributed by atoms with Gasteiger partial charge in [0.15, 0.2) is 0 Å². The number of rotatable bonds is 6. The van der Waals surface area contributed by atoms with Gasteiger partial charge >= 0.3 is 0 Å². The molecule has 2 nitrogen and oxygen atoms in total. The first kappa shape index (κ1) is 16.0. The van der Waals surface area contributed by atoms with E-state index in [1.165, 1.54) is 4.88 Å². The van der Waals surface area contributed by atoms with E-state index in [4.69, 9.17) is 5.73 Å². The van der Waals surface area contributed by atoms with Crippen molar-refractivity contribution in [2.75, 3.05) is 11.9 Å². The van der Waals surface area contributed by atoms with E-state index >= 15 is 0 Å². The average molecular weight is 306 g/mol. The Morgan fingerprint density at radius 1 is 1.33 bits per heavy atom. The van der Waals surface area contributed by atoms with Gasteiger partial charge < -0.3 is 10.6 Å². The molecule has 0 aliphatic heterocycles. The van der Waals surface area contributed by atoms with Crippen molar-refractivity contribution >= 4 is 17.0 Å². The summed E-state index contributed by atoms with van der Waals surface area (Å²) in [6.07, 6.45) is 1.62. The van der Waals surface area contributed by atoms with E-state index in [0.717, 1.165) is 18.4 Å². The number of benzene rings is 1. The van der Waals surface area contributed by atoms with Crippen LogP contribution < -0.4 is 10.6 Å². The molecule has 2 atom stereocenters. The quantitative estimate of drug-likeness (QED) is 0.859. The standard InChI is InChI=1S/C17H23FN2S/c1-4-14(19)10-13-7-8-16(15(18)11-13)20(3)12(2)17-6-5-9-21-17/h5-9,11-12,14H,4,10,19H2,1-3H3. The number of halogens is 1. The van der Waals surface area contributed by atoms with Gasteiger partial charge in [0, 0.05) is 18.0 Å². The molecule has 4 heteroatoms. The Balaban J connectivity index is 2.16. The number of nitrogens with two attached hydrogens (primary N) is 1. The van der Waals surface area contributed by atoms with Crippen LogP contribution in [0.15, 0.2) is 35.7 Å². The summed E-state index contributed by atoms with van der Waals surface area (Å²) in [7, 11) is 1.93. The molecule has 2 aromatic rings. The predicted molar refractivity (Wildman–Crippen MR) is 89.5 cm³/mol. The fourth-order valence-electron chi connectivity index (χ4n) is 2.34. The van der Waals surface area contributed by atoms with Crippen molar-refractivity contribution in [3.8, 4) is 0 Å². The fraction of sp³-hybridized carbons (Fsp3) is 0.412. The second-order valence-corrected chi connectivity index (χ2v) is 6.44. The monoisotopic (exact) mass is 306 g/mol. The lowest BCUT2D eigenvalue weighted by molar-refractivity contribution is 0.603. The van der Waals surface area contributed by atoms with E-state index in [1.54, 1.807) is 17.4 Å². The van der Waals surface area contributed by atoms with E-state index in [9.17, 15) is 4.39 Å². The van der Waals surface area contributed by atoms with Gasteiger partial charge in [-0.05, 0) is 48.9 Å². The summed E-state index contributed by atoms with van der Waals surface area (Å²) in [5.41, 5.74) is 7.52. The molecule has 0 saturated heterocycles. The molecule has 0 saturated carbocycles. The second kappa shape index (κ2) is 7.05. The molecule has 0 radical (unpaired) electrons. The van der Waals surface area contributed by atoms with Gasteiger partial charge in [-0.25, -0.2) is 4.39 Å². The topological polar surface area (TPSA) is 29.3 Å². The van der Waals surface area contributed by atoms with Crippen LogP contribution in [0.5, 0.6) is 0 Å². The van der Waals surface area contributed by atoms with Crippen LogP contribution >= 0.6 is 11.3 Å². The Morgan fingerprint density at radius 3 is 2.67 bits per heavy atom. The molecule has 0 aliphatic carbocycles. The highest BCUT2D eigenvalue weighted by atomic mass is 32.1. The van der Waals surface area contributed by atoms with Gasteiger partial charge in [-0.1, -0.05) is 19.1 Å². The minimum atomic E-state index is -0.179. The Bertz CT molecular complexity index is 568. The molecule has 21 heavy (non-hydrogen) atoms. The van der Waals surface area contributed by atoms with Gasteiger partial charge in [-0.3, -0.25) is 0 Å². The van der Waals surface area contributed by atoms with Crippen molar-refractivity contribution in [2.45, 2.75) is 38.8 Å². The van der Waals surface area contributed by atoms with Crippen LogP contribution in [0.25, 0.3) is 0 Å². The van der Waals surface area contributed by atoms with Crippen molar-refractivity contribution in [2.24, 2.45) is 5.73 Å². The van der Waals surface area contributed by atoms with Crippen molar-refractivity contribution in [3.63, 3.8) is 0 Å². The minimum absolute atomic E-state index is 0.0954. The summed E-state index contributed by atoms with van der Waals surface area (Å²) in [6, 6.07) is 9.81. The van der Waals surface area contributed by atoms with E-state index in [1.807, 2.05) is 42.5 Å². The molecule has 0 spiro atoms. The van der Waals surface area contributed by atoms with E-state index in [2.05, 4.69) is 13.0 Å². The molecule has 2 unspecified atom stereocenters. The Hall–Kier alpha value is -1.39. The van der Waals surface area contributed by atoms with Crippen molar-refractivity contribution in [1.29, 1.82) is 0 Å². The third-order valence-electron chi connectivity index (χ3n) is 3.95. The van der Waals surface area contributed by atoms with Gasteiger partial charge in [-0.15, -0.1) is 11.3 Å². The maximum Gasteiger partial charge on any atom is 0.146 e. The largest absolute Gasteiger partial charge is 0.365 e. The summed E-state index contributed by atoms with van der Waals surface area (Å²) in [5.74, 6) is -0.179. The Morgan fingerprint density at radius 2 is 2.10 bits per heavy atom. The lowest BCUT2D eigenvalue weighted by Gasteiger charge is -2.27. The Labute approximate surface area is 130 Å². The number of hydrogen-bond acceptors (Lipinski definition) is 3. The lowest BCUT2D eigenvalue weighted by Crippen LogP contribution is -2.23. The summed E-state index contributed by atoms with van der Waals surface area (Å²) >= 11 is 1.69. The highest BCUT2D eigenvalue weighted by Crippen LogP contribution is 2.30. The molecule has 1 aromatic carbocycles. The maximum atomic E-state index is 14.4. The zero-order chi connectivity index (χ0) is 15.4. The van der Waals surface area contributed by atoms with Crippen LogP contribution in [0.3, 0.4) is 0 Å². The van der Waals surface area contributed by atoms with Gasteiger partial charge in [0.05, 0.1) is 11.7 Å². The van der Waals surface area contributed by atoms with Crippen molar-refractivity contribution in [3.05, 3.63) is 52.0 Å². The predicted octanol–water partition coefficient (Wildman–Crippen LogP) is 4.36. The molecular formula is C17H23FN2S. The summed E-state index contributed by atoms with van der Waals surface area (Å²) < 4.78 is 14.4. The molecule has 0 bridgehead atoms. The zero-order valence-corrected chi connectivity index (χ0v) is 13.7. The average Bonchev–Trinajstić information content (AvgIpc) is 3.00. The number of hydrogen-bond donors (Lipinski definition) is 1. The van der Waals surface area contributed by atoms with E-state index in [-0.39, 0.29) is 17.9 Å². The van der Waals surface area contributed by atoms with Gasteiger partial charge in [0.1, 0.15) is 5.82 Å². The second-order valence-electron chi connectivity index (χ2n) is 5.46. The van der Waals surface area contributed by atoms with Gasteiger partial charge in [0.2, 0.25) is 0 Å². The molecule has 2 rings (SSSR count). The molecule has 0 aliphatic rings. The van der Waals surface area contributed by atoms with Crippen LogP contribution in [-0.2, 0) is 6.42 Å². The van der Waals surface area contributed by atoms with Crippen molar-refractivity contribution < 1.29 is 4.39 Å². The molecule has 1 aromatic heterocycles. The zero-order valence-electron chi connectivity index (χ0n) is 12.8. The number of thiophene rings is 1.